The number of nitrogens with zero attached hydrogens (tertiary/aromatic N) is 1. The van der Waals surface area contributed by atoms with Crippen LogP contribution in [0.3, 0.4) is 0 Å². The van der Waals surface area contributed by atoms with Crippen LogP contribution in [0.1, 0.15) is 26.2 Å². The number of nitrogen functional groups attached to an aromatic ring is 1. The Morgan fingerprint density at radius 3 is 2.65 bits per heavy atom. The van der Waals surface area contributed by atoms with Crippen LogP contribution in [0.25, 0.3) is 0 Å². The minimum absolute atomic E-state index is 0.318. The van der Waals surface area contributed by atoms with E-state index in [4.69, 9.17) is 5.73 Å². The maximum Gasteiger partial charge on any atom is 0.161 e. The molecule has 1 fully saturated rings. The topological polar surface area (TPSA) is 29.3 Å². The molecule has 0 aromatic heterocycles. The van der Waals surface area contributed by atoms with E-state index in [0.29, 0.717) is 17.3 Å². The lowest BCUT2D eigenvalue weighted by molar-refractivity contribution is 0.508. The number of rotatable bonds is 1. The van der Waals surface area contributed by atoms with E-state index in [1.54, 1.807) is 0 Å². The van der Waals surface area contributed by atoms with Crippen molar-refractivity contribution in [1.82, 2.24) is 0 Å². The van der Waals surface area contributed by atoms with Crippen LogP contribution in [0.4, 0.5) is 20.2 Å². The van der Waals surface area contributed by atoms with Crippen LogP contribution >= 0.6 is 0 Å². The number of nitrogens with two attached hydrogens (primary N) is 1. The molecule has 1 aromatic rings. The average molecular weight is 240 g/mol. The summed E-state index contributed by atoms with van der Waals surface area (Å²) in [5.74, 6) is -1.02. The zero-order valence-corrected chi connectivity index (χ0v) is 10.0. The van der Waals surface area contributed by atoms with Gasteiger partial charge < -0.3 is 10.6 Å². The molecule has 0 bridgehead atoms. The van der Waals surface area contributed by atoms with Crippen molar-refractivity contribution in [2.45, 2.75) is 26.2 Å². The van der Waals surface area contributed by atoms with Gasteiger partial charge in [0.05, 0.1) is 11.4 Å². The molecule has 0 amide bonds. The predicted octanol–water partition coefficient (Wildman–Crippen LogP) is 3.17. The average Bonchev–Trinajstić information content (AvgIpc) is 2.49. The third-order valence-corrected chi connectivity index (χ3v) is 3.43. The number of benzene rings is 1. The lowest BCUT2D eigenvalue weighted by Gasteiger charge is -2.24. The third-order valence-electron chi connectivity index (χ3n) is 3.43. The fraction of sp³-hybridized carbons (Fsp3) is 0.538. The quantitative estimate of drug-likeness (QED) is 0.764. The van der Waals surface area contributed by atoms with Crippen molar-refractivity contribution in [1.29, 1.82) is 0 Å². The van der Waals surface area contributed by atoms with Crippen LogP contribution < -0.4 is 10.6 Å². The molecule has 2 N–H and O–H groups in total. The summed E-state index contributed by atoms with van der Waals surface area (Å²) in [6, 6.07) is 2.28. The van der Waals surface area contributed by atoms with Crippen LogP contribution in [0, 0.1) is 17.6 Å². The normalized spacial score (nSPS) is 21.4. The lowest BCUT2D eigenvalue weighted by atomic mass is 10.0. The molecule has 1 aliphatic rings. The predicted molar refractivity (Wildman–Crippen MR) is 66.0 cm³/mol. The highest BCUT2D eigenvalue weighted by molar-refractivity contribution is 5.67. The Morgan fingerprint density at radius 1 is 1.18 bits per heavy atom. The summed E-state index contributed by atoms with van der Waals surface area (Å²) in [5, 5.41) is 0. The first-order chi connectivity index (χ1) is 8.08. The van der Waals surface area contributed by atoms with Gasteiger partial charge in [0.15, 0.2) is 11.6 Å². The summed E-state index contributed by atoms with van der Waals surface area (Å²) in [4.78, 5) is 2.06. The minimum atomic E-state index is -0.880. The summed E-state index contributed by atoms with van der Waals surface area (Å²) in [6.45, 7) is 3.94. The molecule has 1 unspecified atom stereocenters. The largest absolute Gasteiger partial charge is 0.397 e. The maximum absolute atomic E-state index is 13.2. The fourth-order valence-corrected chi connectivity index (χ4v) is 2.33. The summed E-state index contributed by atoms with van der Waals surface area (Å²) in [5.41, 5.74) is 6.70. The lowest BCUT2D eigenvalue weighted by Crippen LogP contribution is -2.25. The van der Waals surface area contributed by atoms with E-state index in [-0.39, 0.29) is 0 Å². The van der Waals surface area contributed by atoms with Gasteiger partial charge in [0.1, 0.15) is 0 Å². The van der Waals surface area contributed by atoms with Crippen LogP contribution in [-0.2, 0) is 0 Å². The molecule has 1 aromatic carbocycles. The van der Waals surface area contributed by atoms with Gasteiger partial charge in [0.25, 0.3) is 0 Å². The summed E-state index contributed by atoms with van der Waals surface area (Å²) in [7, 11) is 0. The SMILES string of the molecule is CC1CCCN(c2cc(F)c(F)cc2N)CC1. The van der Waals surface area contributed by atoms with E-state index >= 15 is 0 Å². The standard InChI is InChI=1S/C13H18F2N2/c1-9-3-2-5-17(6-4-9)13-8-11(15)10(14)7-12(13)16/h7-9H,2-6,16H2,1H3. The Balaban J connectivity index is 2.24. The van der Waals surface area contributed by atoms with Crippen molar-refractivity contribution in [2.24, 2.45) is 5.92 Å². The fourth-order valence-electron chi connectivity index (χ4n) is 2.33. The van der Waals surface area contributed by atoms with Gasteiger partial charge >= 0.3 is 0 Å². The van der Waals surface area contributed by atoms with Crippen molar-refractivity contribution in [3.05, 3.63) is 23.8 Å². The van der Waals surface area contributed by atoms with Crippen molar-refractivity contribution in [3.63, 3.8) is 0 Å². The highest BCUT2D eigenvalue weighted by Crippen LogP contribution is 2.29. The zero-order valence-electron chi connectivity index (χ0n) is 10.0. The first kappa shape index (κ1) is 12.1. The molecule has 1 heterocycles. The molecule has 94 valence electrons. The summed E-state index contributed by atoms with van der Waals surface area (Å²) < 4.78 is 26.2. The molecule has 0 spiro atoms. The van der Waals surface area contributed by atoms with Crippen molar-refractivity contribution < 1.29 is 8.78 Å². The van der Waals surface area contributed by atoms with Crippen molar-refractivity contribution in [2.75, 3.05) is 23.7 Å². The Hall–Kier alpha value is -1.32. The molecule has 4 heteroatoms. The van der Waals surface area contributed by atoms with Crippen LogP contribution in [0.2, 0.25) is 0 Å². The van der Waals surface area contributed by atoms with Crippen molar-refractivity contribution >= 4 is 11.4 Å². The van der Waals surface area contributed by atoms with E-state index in [0.717, 1.165) is 32.0 Å². The van der Waals surface area contributed by atoms with Crippen LogP contribution in [-0.4, -0.2) is 13.1 Å². The van der Waals surface area contributed by atoms with Gasteiger partial charge in [-0.1, -0.05) is 6.92 Å². The number of hydrogen-bond acceptors (Lipinski definition) is 2. The van der Waals surface area contributed by atoms with Crippen LogP contribution in [0.5, 0.6) is 0 Å². The minimum Gasteiger partial charge on any atom is -0.397 e. The molecule has 0 radical (unpaired) electrons. The van der Waals surface area contributed by atoms with Gasteiger partial charge in [-0.2, -0.15) is 0 Å². The van der Waals surface area contributed by atoms with Crippen LogP contribution in [0.15, 0.2) is 12.1 Å². The summed E-state index contributed by atoms with van der Waals surface area (Å²) >= 11 is 0. The first-order valence-electron chi connectivity index (χ1n) is 6.07. The number of anilines is 2. The smallest absolute Gasteiger partial charge is 0.161 e. The number of hydrogen-bond donors (Lipinski definition) is 1. The number of halogens is 2. The van der Waals surface area contributed by atoms with Gasteiger partial charge in [-0.3, -0.25) is 0 Å². The monoisotopic (exact) mass is 240 g/mol. The Labute approximate surface area is 100 Å². The van der Waals surface area contributed by atoms with Gasteiger partial charge in [-0.15, -0.1) is 0 Å². The van der Waals surface area contributed by atoms with E-state index < -0.39 is 11.6 Å². The van der Waals surface area contributed by atoms with Gasteiger partial charge in [0.2, 0.25) is 0 Å². The zero-order chi connectivity index (χ0) is 12.4. The van der Waals surface area contributed by atoms with E-state index in [2.05, 4.69) is 11.8 Å². The second kappa shape index (κ2) is 4.90. The molecular formula is C13H18F2N2. The van der Waals surface area contributed by atoms with Gasteiger partial charge in [-0.25, -0.2) is 8.78 Å². The maximum atomic E-state index is 13.2. The molecule has 2 nitrogen and oxygen atoms in total. The molecule has 1 atom stereocenters. The Kier molecular flexibility index (Phi) is 3.50. The van der Waals surface area contributed by atoms with Gasteiger partial charge in [0, 0.05) is 25.2 Å². The van der Waals surface area contributed by atoms with E-state index in [1.165, 1.54) is 12.5 Å². The molecule has 0 aliphatic carbocycles. The molecule has 0 saturated carbocycles. The Morgan fingerprint density at radius 2 is 1.88 bits per heavy atom. The highest BCUT2D eigenvalue weighted by atomic mass is 19.2. The second-order valence-electron chi connectivity index (χ2n) is 4.85. The molecular weight excluding hydrogens is 222 g/mol. The van der Waals surface area contributed by atoms with Crippen molar-refractivity contribution in [3.8, 4) is 0 Å². The molecule has 17 heavy (non-hydrogen) atoms. The summed E-state index contributed by atoms with van der Waals surface area (Å²) in [6.07, 6.45) is 3.32. The van der Waals surface area contributed by atoms with E-state index in [9.17, 15) is 8.78 Å². The molecule has 1 aliphatic heterocycles. The first-order valence-corrected chi connectivity index (χ1v) is 6.07. The third kappa shape index (κ3) is 2.68. The Bertz CT molecular complexity index is 407. The molecule has 2 rings (SSSR count). The second-order valence-corrected chi connectivity index (χ2v) is 4.85. The highest BCUT2D eigenvalue weighted by Gasteiger charge is 2.17. The van der Waals surface area contributed by atoms with Gasteiger partial charge in [-0.05, 0) is 25.2 Å². The van der Waals surface area contributed by atoms with E-state index in [1.807, 2.05) is 0 Å². The molecule has 1 saturated heterocycles.